The smallest absolute Gasteiger partial charge is 0.618 e. The monoisotopic (exact) mass is 359 g/mol. The number of fused-ring (bicyclic) bond motifs is 2. The van der Waals surface area contributed by atoms with Crippen molar-refractivity contribution in [1.29, 1.82) is 0 Å². The van der Waals surface area contributed by atoms with Crippen molar-refractivity contribution in [2.75, 3.05) is 0 Å². The molecule has 0 bridgehead atoms. The molecule has 0 unspecified atom stereocenters. The van der Waals surface area contributed by atoms with Gasteiger partial charge >= 0.3 is 19.5 Å². The predicted molar refractivity (Wildman–Crippen MR) is 58.2 cm³/mol. The van der Waals surface area contributed by atoms with Gasteiger partial charge in [-0.25, -0.2) is 23.6 Å². The van der Waals surface area contributed by atoms with E-state index in [4.69, 9.17) is 18.6 Å². The summed E-state index contributed by atoms with van der Waals surface area (Å²) in [5.74, 6) is 0. The second-order valence-electron chi connectivity index (χ2n) is 3.76. The van der Waals surface area contributed by atoms with E-state index in [1.54, 1.807) is 12.1 Å². The molecule has 0 fully saturated rings. The number of nitrogens with zero attached hydrogens (tertiary/aromatic N) is 2. The molecule has 0 aliphatic heterocycles. The van der Waals surface area contributed by atoms with Crippen LogP contribution in [0.25, 0.3) is 22.1 Å². The third-order valence-electron chi connectivity index (χ3n) is 2.44. The molecule has 0 N–H and O–H groups in total. The molecule has 7 nitrogen and oxygen atoms in total. The first kappa shape index (κ1) is 17.6. The van der Waals surface area contributed by atoms with Gasteiger partial charge in [-0.2, -0.15) is 4.73 Å². The number of para-hydroxylation sites is 4. The fourth-order valence-electron chi connectivity index (χ4n) is 1.72. The van der Waals surface area contributed by atoms with Crippen LogP contribution in [0.1, 0.15) is 0 Å². The summed E-state index contributed by atoms with van der Waals surface area (Å²) in [6.45, 7) is 0. The zero-order valence-corrected chi connectivity index (χ0v) is 14.4. The molecule has 1 aromatic heterocycles. The third-order valence-corrected chi connectivity index (χ3v) is 2.44. The molecule has 0 aliphatic rings. The Hall–Kier alpha value is -1.41. The van der Waals surface area contributed by atoms with Gasteiger partial charge in [0.1, 0.15) is 11.0 Å². The molecule has 3 rings (SSSR count). The molecular weight excluding hydrogens is 353 g/mol. The van der Waals surface area contributed by atoms with E-state index in [0.29, 0.717) is 11.0 Å². The Bertz CT molecular complexity index is 690. The molecule has 1 heterocycles. The maximum atomic E-state index is 12.0. The number of hydrogen-bond acceptors (Lipinski definition) is 6. The molecular formula is C12H8ClN2O5Zn+. The summed E-state index contributed by atoms with van der Waals surface area (Å²) in [6.07, 6.45) is 0. The van der Waals surface area contributed by atoms with Crippen molar-refractivity contribution in [1.82, 2.24) is 4.98 Å². The van der Waals surface area contributed by atoms with Gasteiger partial charge in [-0.05, 0) is 12.1 Å². The average molecular weight is 361 g/mol. The van der Waals surface area contributed by atoms with Crippen LogP contribution >= 0.6 is 0 Å². The minimum atomic E-state index is -4.94. The second kappa shape index (κ2) is 7.04. The summed E-state index contributed by atoms with van der Waals surface area (Å²) in [4.78, 5) is 4.42. The molecule has 0 aliphatic carbocycles. The Balaban J connectivity index is 0.000000324. The van der Waals surface area contributed by atoms with Crippen molar-refractivity contribution in [3.05, 3.63) is 53.7 Å². The zero-order valence-electron chi connectivity index (χ0n) is 10.6. The van der Waals surface area contributed by atoms with Crippen LogP contribution in [0.5, 0.6) is 0 Å². The number of benzene rings is 2. The molecule has 0 spiro atoms. The van der Waals surface area contributed by atoms with Gasteiger partial charge in [-0.15, -0.1) is 10.2 Å². The van der Waals surface area contributed by atoms with Gasteiger partial charge in [0.2, 0.25) is 11.0 Å². The van der Waals surface area contributed by atoms with Gasteiger partial charge < -0.3 is 5.21 Å². The Labute approximate surface area is 134 Å². The van der Waals surface area contributed by atoms with Gasteiger partial charge in [0, 0.05) is 12.1 Å². The van der Waals surface area contributed by atoms with Crippen molar-refractivity contribution < 1.29 is 53.1 Å². The van der Waals surface area contributed by atoms with Crippen LogP contribution in [0.3, 0.4) is 0 Å². The average Bonchev–Trinajstić information content (AvgIpc) is 2.37. The quantitative estimate of drug-likeness (QED) is 0.185. The first-order valence-corrected chi connectivity index (χ1v) is 6.58. The summed E-state index contributed by atoms with van der Waals surface area (Å²) >= 11 is 0. The maximum absolute atomic E-state index is 12.0. The maximum Gasteiger partial charge on any atom is 2.00 e. The largest absolute Gasteiger partial charge is 2.00 e. The summed E-state index contributed by atoms with van der Waals surface area (Å²) in [7, 11) is -4.94. The van der Waals surface area contributed by atoms with Crippen LogP contribution in [-0.4, -0.2) is 4.98 Å². The molecule has 0 saturated carbocycles. The van der Waals surface area contributed by atoms with E-state index >= 15 is 0 Å². The van der Waals surface area contributed by atoms with E-state index in [-0.39, 0.29) is 19.5 Å². The Kier molecular flexibility index (Phi) is 5.91. The van der Waals surface area contributed by atoms with Crippen LogP contribution in [0.2, 0.25) is 0 Å². The summed E-state index contributed by atoms with van der Waals surface area (Å²) < 4.78 is 34.9. The predicted octanol–water partition coefficient (Wildman–Crippen LogP) is -2.74. The van der Waals surface area contributed by atoms with E-state index in [1.165, 1.54) is 0 Å². The standard InChI is InChI=1S/C12H8N2O.ClHO4.Zn/c15-14-11-7-3-1-5-9(11)13-10-6-2-4-8-12(10)14;2-1(3,4)5;/h1-8H;(H,2,3,4,5);/q;;+2/p-1. The van der Waals surface area contributed by atoms with Crippen molar-refractivity contribution in [2.24, 2.45) is 0 Å². The van der Waals surface area contributed by atoms with Gasteiger partial charge in [0.15, 0.2) is 0 Å². The first-order valence-electron chi connectivity index (χ1n) is 5.35. The molecule has 3 aromatic rings. The molecule has 104 valence electrons. The Morgan fingerprint density at radius 2 is 1.10 bits per heavy atom. The molecule has 21 heavy (non-hydrogen) atoms. The molecule has 2 aromatic carbocycles. The molecule has 0 radical (unpaired) electrons. The van der Waals surface area contributed by atoms with Gasteiger partial charge in [0.25, 0.3) is 0 Å². The normalized spacial score (nSPS) is 10.7. The van der Waals surface area contributed by atoms with E-state index in [2.05, 4.69) is 4.98 Å². The molecule has 9 heteroatoms. The van der Waals surface area contributed by atoms with Crippen molar-refractivity contribution in [2.45, 2.75) is 0 Å². The van der Waals surface area contributed by atoms with Gasteiger partial charge in [-0.3, -0.25) is 0 Å². The van der Waals surface area contributed by atoms with Crippen LogP contribution in [-0.2, 0) is 19.5 Å². The topological polar surface area (TPSA) is 132 Å². The van der Waals surface area contributed by atoms with Crippen LogP contribution in [0, 0.1) is 15.5 Å². The number of hydrogen-bond donors (Lipinski definition) is 0. The molecule has 0 atom stereocenters. The van der Waals surface area contributed by atoms with Crippen LogP contribution in [0.4, 0.5) is 0 Å². The molecule has 0 saturated heterocycles. The number of rotatable bonds is 0. The Morgan fingerprint density at radius 1 is 0.762 bits per heavy atom. The van der Waals surface area contributed by atoms with Crippen LogP contribution in [0.15, 0.2) is 48.5 Å². The fraction of sp³-hybridized carbons (Fsp3) is 0. The first-order chi connectivity index (χ1) is 9.36. The SMILES string of the molecule is [O-][Cl+3]([O-])([O-])[O-].[O-][n+]1c2ccccc2nc2ccccc21.[Zn+2]. The number of aromatic nitrogens is 2. The number of halogens is 1. The van der Waals surface area contributed by atoms with E-state index < -0.39 is 10.2 Å². The minimum Gasteiger partial charge on any atom is -0.618 e. The van der Waals surface area contributed by atoms with Crippen molar-refractivity contribution >= 4 is 22.1 Å². The van der Waals surface area contributed by atoms with E-state index in [1.807, 2.05) is 36.4 Å². The Morgan fingerprint density at radius 3 is 1.48 bits per heavy atom. The minimum absolute atomic E-state index is 0. The summed E-state index contributed by atoms with van der Waals surface area (Å²) in [5.41, 5.74) is 2.67. The van der Waals surface area contributed by atoms with E-state index in [0.717, 1.165) is 15.8 Å². The second-order valence-corrected chi connectivity index (χ2v) is 4.52. The van der Waals surface area contributed by atoms with Gasteiger partial charge in [-0.1, -0.05) is 24.3 Å². The van der Waals surface area contributed by atoms with Gasteiger partial charge in [0.05, 0.1) is 0 Å². The van der Waals surface area contributed by atoms with Crippen molar-refractivity contribution in [3.63, 3.8) is 0 Å². The summed E-state index contributed by atoms with van der Waals surface area (Å²) in [5, 5.41) is 12.0. The third kappa shape index (κ3) is 4.82. The van der Waals surface area contributed by atoms with Crippen molar-refractivity contribution in [3.8, 4) is 0 Å². The van der Waals surface area contributed by atoms with E-state index in [9.17, 15) is 5.21 Å². The fourth-order valence-corrected chi connectivity index (χ4v) is 1.72. The zero-order chi connectivity index (χ0) is 14.8. The summed E-state index contributed by atoms with van der Waals surface area (Å²) in [6, 6.07) is 14.7. The van der Waals surface area contributed by atoms with Crippen LogP contribution < -0.4 is 23.4 Å². The molecule has 0 amide bonds.